The fraction of sp³-hybridized carbons (Fsp3) is 0.520. The Kier molecular flexibility index (Phi) is 9.35. The molecule has 0 saturated carbocycles. The lowest BCUT2D eigenvalue weighted by molar-refractivity contribution is 0.102. The maximum absolute atomic E-state index is 13.4. The zero-order valence-electron chi connectivity index (χ0n) is 19.0. The molecule has 0 bridgehead atoms. The van der Waals surface area contributed by atoms with E-state index in [0.29, 0.717) is 10.9 Å². The Morgan fingerprint density at radius 2 is 1.63 bits per heavy atom. The van der Waals surface area contributed by atoms with Gasteiger partial charge in [0.15, 0.2) is 0 Å². The molecule has 4 nitrogen and oxygen atoms in total. The molecule has 0 aliphatic heterocycles. The largest absolute Gasteiger partial charge is 0.347 e. The summed E-state index contributed by atoms with van der Waals surface area (Å²) in [5.74, 6) is -0.310. The molecule has 0 aliphatic carbocycles. The molecule has 2 rings (SSSR count). The van der Waals surface area contributed by atoms with E-state index >= 15 is 0 Å². The second kappa shape index (κ2) is 11.5. The minimum absolute atomic E-state index is 0.223. The number of carbonyl (C=O) groups excluding carboxylic acids is 1. The predicted octanol–water partition coefficient (Wildman–Crippen LogP) is 6.44. The summed E-state index contributed by atoms with van der Waals surface area (Å²) in [5.41, 5.74) is 4.78. The lowest BCUT2D eigenvalue weighted by Gasteiger charge is -2.21. The molecule has 0 aliphatic rings. The summed E-state index contributed by atoms with van der Waals surface area (Å²) in [4.78, 5) is 26.5. The zero-order valence-corrected chi connectivity index (χ0v) is 20.6. The Bertz CT molecular complexity index is 925. The zero-order chi connectivity index (χ0) is 22.3. The third-order valence-corrected chi connectivity index (χ3v) is 6.73. The van der Waals surface area contributed by atoms with Gasteiger partial charge in [0.05, 0.1) is 4.47 Å². The molecule has 1 aromatic carbocycles. The van der Waals surface area contributed by atoms with Crippen LogP contribution in [0.2, 0.25) is 0 Å². The van der Waals surface area contributed by atoms with Gasteiger partial charge in [-0.1, -0.05) is 65.2 Å². The van der Waals surface area contributed by atoms with Crippen LogP contribution in [0, 0.1) is 6.92 Å². The first kappa shape index (κ1) is 24.4. The molecule has 1 N–H and O–H groups in total. The van der Waals surface area contributed by atoms with Crippen LogP contribution in [0.25, 0.3) is 0 Å². The summed E-state index contributed by atoms with van der Waals surface area (Å²) in [6, 6.07) is 6.09. The SMILES string of the molecule is CCCCCCn1c(C)c(Br)c(=O)c(C(=O)Nc2c(CC)cccc2CC)c1CC. The van der Waals surface area contributed by atoms with Crippen molar-refractivity contribution in [2.75, 3.05) is 5.32 Å². The number of para-hydroxylation sites is 1. The number of aromatic nitrogens is 1. The van der Waals surface area contributed by atoms with Crippen molar-refractivity contribution in [3.63, 3.8) is 0 Å². The highest BCUT2D eigenvalue weighted by Crippen LogP contribution is 2.25. The van der Waals surface area contributed by atoms with Crippen molar-refractivity contribution in [1.82, 2.24) is 4.57 Å². The van der Waals surface area contributed by atoms with E-state index in [1.54, 1.807) is 0 Å². The first-order valence-corrected chi connectivity index (χ1v) is 12.0. The van der Waals surface area contributed by atoms with Crippen LogP contribution in [-0.4, -0.2) is 10.5 Å². The van der Waals surface area contributed by atoms with Crippen LogP contribution in [-0.2, 0) is 25.8 Å². The maximum Gasteiger partial charge on any atom is 0.261 e. The number of aryl methyl sites for hydroxylation is 2. The van der Waals surface area contributed by atoms with E-state index in [4.69, 9.17) is 0 Å². The van der Waals surface area contributed by atoms with Crippen LogP contribution in [0.3, 0.4) is 0 Å². The molecule has 0 atom stereocenters. The fourth-order valence-electron chi connectivity index (χ4n) is 4.04. The number of nitrogens with one attached hydrogen (secondary N) is 1. The van der Waals surface area contributed by atoms with Crippen molar-refractivity contribution in [1.29, 1.82) is 0 Å². The Labute approximate surface area is 189 Å². The van der Waals surface area contributed by atoms with Crippen LogP contribution < -0.4 is 10.7 Å². The van der Waals surface area contributed by atoms with E-state index in [1.807, 2.05) is 32.0 Å². The summed E-state index contributed by atoms with van der Waals surface area (Å²) in [7, 11) is 0. The van der Waals surface area contributed by atoms with E-state index in [-0.39, 0.29) is 16.9 Å². The number of unbranched alkanes of at least 4 members (excludes halogenated alkanes) is 3. The molecule has 5 heteroatoms. The van der Waals surface area contributed by atoms with Gasteiger partial charge >= 0.3 is 0 Å². The van der Waals surface area contributed by atoms with E-state index in [1.165, 1.54) is 12.8 Å². The minimum atomic E-state index is -0.310. The maximum atomic E-state index is 13.4. The van der Waals surface area contributed by atoms with E-state index in [9.17, 15) is 9.59 Å². The summed E-state index contributed by atoms with van der Waals surface area (Å²) in [6.07, 6.45) is 6.84. The second-order valence-corrected chi connectivity index (χ2v) is 8.52. The highest BCUT2D eigenvalue weighted by Gasteiger charge is 2.23. The molecular weight excluding hydrogens is 440 g/mol. The second-order valence-electron chi connectivity index (χ2n) is 7.73. The molecular formula is C25H35BrN2O2. The van der Waals surface area contributed by atoms with Crippen molar-refractivity contribution in [3.8, 4) is 0 Å². The van der Waals surface area contributed by atoms with Gasteiger partial charge in [0.2, 0.25) is 5.43 Å². The molecule has 164 valence electrons. The third kappa shape index (κ3) is 5.23. The van der Waals surface area contributed by atoms with Gasteiger partial charge in [-0.2, -0.15) is 0 Å². The highest BCUT2D eigenvalue weighted by atomic mass is 79.9. The summed E-state index contributed by atoms with van der Waals surface area (Å²) < 4.78 is 2.64. The van der Waals surface area contributed by atoms with Crippen molar-refractivity contribution in [2.24, 2.45) is 0 Å². The molecule has 0 unspecified atom stereocenters. The number of rotatable bonds is 10. The Hall–Kier alpha value is -1.88. The summed E-state index contributed by atoms with van der Waals surface area (Å²) >= 11 is 3.46. The summed E-state index contributed by atoms with van der Waals surface area (Å²) in [5, 5.41) is 3.09. The fourth-order valence-corrected chi connectivity index (χ4v) is 4.45. The number of amides is 1. The average Bonchev–Trinajstić information content (AvgIpc) is 2.75. The van der Waals surface area contributed by atoms with Crippen LogP contribution in [0.15, 0.2) is 27.5 Å². The van der Waals surface area contributed by atoms with Crippen LogP contribution >= 0.6 is 15.9 Å². The van der Waals surface area contributed by atoms with Gasteiger partial charge in [0.1, 0.15) is 5.56 Å². The molecule has 0 radical (unpaired) electrons. The minimum Gasteiger partial charge on any atom is -0.347 e. The monoisotopic (exact) mass is 474 g/mol. The Morgan fingerprint density at radius 3 is 2.17 bits per heavy atom. The smallest absolute Gasteiger partial charge is 0.261 e. The number of anilines is 1. The predicted molar refractivity (Wildman–Crippen MR) is 130 cm³/mol. The molecule has 0 spiro atoms. The molecule has 2 aromatic rings. The van der Waals surface area contributed by atoms with Gasteiger partial charge in [-0.25, -0.2) is 0 Å². The normalized spacial score (nSPS) is 11.0. The van der Waals surface area contributed by atoms with Crippen molar-refractivity contribution < 1.29 is 4.79 Å². The van der Waals surface area contributed by atoms with Crippen molar-refractivity contribution in [2.45, 2.75) is 86.1 Å². The molecule has 30 heavy (non-hydrogen) atoms. The first-order chi connectivity index (χ1) is 14.4. The third-order valence-electron chi connectivity index (χ3n) is 5.80. The molecule has 1 aromatic heterocycles. The Balaban J connectivity index is 2.52. The van der Waals surface area contributed by atoms with Gasteiger partial charge in [-0.05, 0) is 59.7 Å². The van der Waals surface area contributed by atoms with E-state index in [0.717, 1.165) is 60.4 Å². The molecule has 1 amide bonds. The van der Waals surface area contributed by atoms with Crippen LogP contribution in [0.5, 0.6) is 0 Å². The van der Waals surface area contributed by atoms with Crippen molar-refractivity contribution >= 4 is 27.5 Å². The number of pyridine rings is 1. The van der Waals surface area contributed by atoms with Gasteiger partial charge in [0, 0.05) is 23.6 Å². The lowest BCUT2D eigenvalue weighted by Crippen LogP contribution is -2.30. The van der Waals surface area contributed by atoms with Gasteiger partial charge in [-0.15, -0.1) is 0 Å². The van der Waals surface area contributed by atoms with Crippen molar-refractivity contribution in [3.05, 3.63) is 61.0 Å². The molecule has 1 heterocycles. The van der Waals surface area contributed by atoms with Gasteiger partial charge < -0.3 is 9.88 Å². The number of nitrogens with zero attached hydrogens (tertiary/aromatic N) is 1. The lowest BCUT2D eigenvalue weighted by atomic mass is 10.0. The topological polar surface area (TPSA) is 51.1 Å². The van der Waals surface area contributed by atoms with E-state index < -0.39 is 0 Å². The number of carbonyl (C=O) groups is 1. The number of hydrogen-bond acceptors (Lipinski definition) is 2. The summed E-state index contributed by atoms with van der Waals surface area (Å²) in [6.45, 7) is 11.1. The number of halogens is 1. The van der Waals surface area contributed by atoms with Crippen LogP contribution in [0.4, 0.5) is 5.69 Å². The highest BCUT2D eigenvalue weighted by molar-refractivity contribution is 9.10. The molecule has 0 fully saturated rings. The number of benzene rings is 1. The first-order valence-electron chi connectivity index (χ1n) is 11.2. The molecule has 0 saturated heterocycles. The quantitative estimate of drug-likeness (QED) is 0.402. The standard InChI is InChI=1S/C25H35BrN2O2/c1-6-10-11-12-16-28-17(5)22(26)24(29)21(20(28)9-4)25(30)27-23-18(7-2)14-13-15-19(23)8-3/h13-15H,6-12,16H2,1-5H3,(H,27,30). The Morgan fingerprint density at radius 1 is 1.00 bits per heavy atom. The van der Waals surface area contributed by atoms with Crippen LogP contribution in [0.1, 0.15) is 86.3 Å². The number of hydrogen-bond donors (Lipinski definition) is 1. The van der Waals surface area contributed by atoms with Gasteiger partial charge in [0.25, 0.3) is 5.91 Å². The average molecular weight is 475 g/mol. The van der Waals surface area contributed by atoms with Gasteiger partial charge in [-0.3, -0.25) is 9.59 Å². The van der Waals surface area contributed by atoms with E-state index in [2.05, 4.69) is 46.6 Å².